The molecule has 4 aromatic carbocycles. The van der Waals surface area contributed by atoms with Crippen LogP contribution in [0.4, 0.5) is 0 Å². The summed E-state index contributed by atoms with van der Waals surface area (Å²) in [5.74, 6) is 0. The number of aromatic amines is 2. The molecule has 4 aromatic heterocycles. The summed E-state index contributed by atoms with van der Waals surface area (Å²) in [6.45, 7) is -0.249. The number of aliphatic hydroxyl groups excluding tert-OH is 2. The van der Waals surface area contributed by atoms with Gasteiger partial charge < -0.3 is 10.2 Å². The molecule has 0 aliphatic carbocycles. The van der Waals surface area contributed by atoms with Crippen LogP contribution in [0.25, 0.3) is 44.1 Å². The predicted octanol–water partition coefficient (Wildman–Crippen LogP) is 2.67. The Balaban J connectivity index is 0.000000152. The number of nitrogens with zero attached hydrogens (tertiary/aromatic N) is 10. The van der Waals surface area contributed by atoms with Gasteiger partial charge in [-0.3, -0.25) is 0 Å². The maximum atomic E-state index is 8.78. The summed E-state index contributed by atoms with van der Waals surface area (Å²) in [5, 5.41) is 53.3. The maximum absolute atomic E-state index is 8.78. The summed E-state index contributed by atoms with van der Waals surface area (Å²) >= 11 is 0. The van der Waals surface area contributed by atoms with Crippen molar-refractivity contribution in [2.24, 2.45) is 0 Å². The van der Waals surface area contributed by atoms with Crippen LogP contribution in [0.1, 0.15) is 0 Å². The first kappa shape index (κ1) is 32.4. The SMILES string of the molecule is OCn1nnc2ccccc21.OCn1nnc2ccccc21.[Ag+].[Ag+].c1ccc2n[nH]nc2c1.c1ccc2n[nH]nc2c1. The van der Waals surface area contributed by atoms with E-state index in [0.29, 0.717) is 0 Å². The fraction of sp³-hybridized carbons (Fsp3) is 0.0769. The molecule has 0 aliphatic heterocycles. The molecule has 0 amide bonds. The van der Waals surface area contributed by atoms with E-state index in [1.54, 1.807) is 0 Å². The first-order chi connectivity index (χ1) is 19.8. The second-order valence-electron chi connectivity index (χ2n) is 8.06. The van der Waals surface area contributed by atoms with Gasteiger partial charge in [-0.05, 0) is 48.5 Å². The molecular weight excluding hydrogens is 728 g/mol. The van der Waals surface area contributed by atoms with E-state index in [0.717, 1.165) is 44.1 Å². The second-order valence-corrected chi connectivity index (χ2v) is 8.06. The molecule has 0 saturated carbocycles. The van der Waals surface area contributed by atoms with Gasteiger partial charge in [0.2, 0.25) is 0 Å². The van der Waals surface area contributed by atoms with Crippen molar-refractivity contribution in [1.82, 2.24) is 60.8 Å². The molecule has 42 heavy (non-hydrogen) atoms. The monoisotopic (exact) mass is 750 g/mol. The van der Waals surface area contributed by atoms with Crippen molar-refractivity contribution < 1.29 is 55.0 Å². The Morgan fingerprint density at radius 2 is 0.738 bits per heavy atom. The normalized spacial score (nSPS) is 9.95. The first-order valence-electron chi connectivity index (χ1n) is 12.1. The van der Waals surface area contributed by atoms with Crippen molar-refractivity contribution in [2.75, 3.05) is 0 Å². The average molecular weight is 752 g/mol. The third-order valence-corrected chi connectivity index (χ3v) is 5.55. The maximum Gasteiger partial charge on any atom is 1.00 e. The smallest absolute Gasteiger partial charge is 0.374 e. The predicted molar refractivity (Wildman–Crippen MR) is 147 cm³/mol. The molecule has 0 saturated heterocycles. The minimum absolute atomic E-state index is 0. The van der Waals surface area contributed by atoms with Gasteiger partial charge >= 0.3 is 44.8 Å². The van der Waals surface area contributed by atoms with E-state index >= 15 is 0 Å². The van der Waals surface area contributed by atoms with Crippen molar-refractivity contribution in [3.63, 3.8) is 0 Å². The number of aliphatic hydroxyl groups is 2. The number of benzene rings is 4. The molecule has 220 valence electrons. The molecular formula is C26H24Ag2N12O2+2. The summed E-state index contributed by atoms with van der Waals surface area (Å²) in [4.78, 5) is 0. The molecule has 0 unspecified atom stereocenters. The van der Waals surface area contributed by atoms with Gasteiger partial charge in [0.15, 0.2) is 0 Å². The van der Waals surface area contributed by atoms with E-state index < -0.39 is 0 Å². The zero-order chi connectivity index (χ0) is 27.6. The van der Waals surface area contributed by atoms with Gasteiger partial charge in [0.05, 0.1) is 11.0 Å². The van der Waals surface area contributed by atoms with E-state index in [4.69, 9.17) is 10.2 Å². The molecule has 0 atom stereocenters. The minimum Gasteiger partial charge on any atom is -0.374 e. The van der Waals surface area contributed by atoms with Crippen molar-refractivity contribution in [3.05, 3.63) is 97.1 Å². The minimum atomic E-state index is -0.124. The molecule has 8 aromatic rings. The van der Waals surface area contributed by atoms with Gasteiger partial charge in [0, 0.05) is 0 Å². The van der Waals surface area contributed by atoms with E-state index in [9.17, 15) is 0 Å². The van der Waals surface area contributed by atoms with Crippen LogP contribution >= 0.6 is 0 Å². The van der Waals surface area contributed by atoms with Crippen LogP contribution in [0.15, 0.2) is 97.1 Å². The Morgan fingerprint density at radius 3 is 1.05 bits per heavy atom. The molecule has 4 heterocycles. The van der Waals surface area contributed by atoms with Gasteiger partial charge in [0.1, 0.15) is 46.6 Å². The average Bonchev–Trinajstić information content (AvgIpc) is 3.83. The van der Waals surface area contributed by atoms with Crippen LogP contribution in [0, 0.1) is 0 Å². The first-order valence-corrected chi connectivity index (χ1v) is 12.1. The van der Waals surface area contributed by atoms with Gasteiger partial charge in [-0.1, -0.05) is 59.0 Å². The zero-order valence-corrected chi connectivity index (χ0v) is 24.6. The number of para-hydroxylation sites is 6. The van der Waals surface area contributed by atoms with Crippen molar-refractivity contribution in [3.8, 4) is 0 Å². The Kier molecular flexibility index (Phi) is 12.6. The van der Waals surface area contributed by atoms with Crippen LogP contribution in [0.5, 0.6) is 0 Å². The van der Waals surface area contributed by atoms with Crippen molar-refractivity contribution >= 4 is 44.1 Å². The number of fused-ring (bicyclic) bond motifs is 4. The molecule has 0 bridgehead atoms. The Labute approximate surface area is 269 Å². The van der Waals surface area contributed by atoms with Crippen LogP contribution in [0.3, 0.4) is 0 Å². The number of nitrogens with one attached hydrogen (secondary N) is 2. The Bertz CT molecular complexity index is 1730. The van der Waals surface area contributed by atoms with E-state index in [1.165, 1.54) is 9.36 Å². The largest absolute Gasteiger partial charge is 1.00 e. The quantitative estimate of drug-likeness (QED) is 0.192. The van der Waals surface area contributed by atoms with Crippen molar-refractivity contribution in [1.29, 1.82) is 0 Å². The fourth-order valence-electron chi connectivity index (χ4n) is 3.62. The summed E-state index contributed by atoms with van der Waals surface area (Å²) in [7, 11) is 0. The van der Waals surface area contributed by atoms with Gasteiger partial charge in [-0.2, -0.15) is 30.8 Å². The van der Waals surface area contributed by atoms with E-state index in [1.807, 2.05) is 97.1 Å². The third kappa shape index (κ3) is 8.00. The van der Waals surface area contributed by atoms with Crippen LogP contribution in [-0.2, 0) is 58.2 Å². The molecule has 0 aliphatic rings. The summed E-state index contributed by atoms with van der Waals surface area (Å²) in [6, 6.07) is 30.4. The Hall–Kier alpha value is -4.12. The van der Waals surface area contributed by atoms with E-state index in [-0.39, 0.29) is 58.2 Å². The molecule has 0 fully saturated rings. The Morgan fingerprint density at radius 1 is 0.452 bits per heavy atom. The molecule has 8 rings (SSSR count). The van der Waals surface area contributed by atoms with Gasteiger partial charge in [-0.25, -0.2) is 9.36 Å². The van der Waals surface area contributed by atoms with Gasteiger partial charge in [0.25, 0.3) is 0 Å². The summed E-state index contributed by atoms with van der Waals surface area (Å²) in [5.41, 5.74) is 6.98. The van der Waals surface area contributed by atoms with Gasteiger partial charge in [-0.15, -0.1) is 10.2 Å². The van der Waals surface area contributed by atoms with Crippen LogP contribution in [-0.4, -0.2) is 71.0 Å². The fourth-order valence-corrected chi connectivity index (χ4v) is 3.62. The topological polar surface area (TPSA) is 185 Å². The molecule has 14 nitrogen and oxygen atoms in total. The van der Waals surface area contributed by atoms with E-state index in [2.05, 4.69) is 51.4 Å². The number of rotatable bonds is 2. The number of H-pyrrole nitrogens is 2. The molecule has 4 N–H and O–H groups in total. The number of aromatic nitrogens is 12. The standard InChI is InChI=1S/2C7H7N3O.2C6H5N3.2Ag/c2*11-5-10-7-4-2-1-3-6(7)8-9-10;2*1-2-4-6-5(3-1)7-9-8-6;;/h2*1-4,11H,5H2;2*1-4H,(H,7,8,9);;/q;;;;2*+1. The second kappa shape index (κ2) is 16.4. The van der Waals surface area contributed by atoms with Crippen molar-refractivity contribution in [2.45, 2.75) is 13.5 Å². The molecule has 0 spiro atoms. The zero-order valence-electron chi connectivity index (χ0n) is 21.6. The number of hydrogen-bond acceptors (Lipinski definition) is 10. The van der Waals surface area contributed by atoms with Crippen LogP contribution < -0.4 is 0 Å². The third-order valence-electron chi connectivity index (χ3n) is 5.55. The number of hydrogen-bond donors (Lipinski definition) is 4. The summed E-state index contributed by atoms with van der Waals surface area (Å²) in [6.07, 6.45) is 0. The molecule has 0 radical (unpaired) electrons. The summed E-state index contributed by atoms with van der Waals surface area (Å²) < 4.78 is 2.88. The molecule has 16 heteroatoms. The van der Waals surface area contributed by atoms with Crippen LogP contribution in [0.2, 0.25) is 0 Å².